The molecule has 0 aliphatic carbocycles. The Kier molecular flexibility index (Phi) is 4.20. The summed E-state index contributed by atoms with van der Waals surface area (Å²) >= 11 is 0. The number of hydrogen-bond donors (Lipinski definition) is 3. The summed E-state index contributed by atoms with van der Waals surface area (Å²) in [5, 5.41) is 17.1. The van der Waals surface area contributed by atoms with Gasteiger partial charge in [-0.15, -0.1) is 0 Å². The van der Waals surface area contributed by atoms with Crippen molar-refractivity contribution >= 4 is 12.0 Å². The molecule has 0 aromatic heterocycles. The van der Waals surface area contributed by atoms with Gasteiger partial charge in [0, 0.05) is 26.3 Å². The van der Waals surface area contributed by atoms with Crippen LogP contribution < -0.4 is 16.4 Å². The van der Waals surface area contributed by atoms with Gasteiger partial charge in [0.25, 0.3) is 5.69 Å². The Balaban J connectivity index is 2.52. The van der Waals surface area contributed by atoms with Crippen molar-refractivity contribution in [1.29, 1.82) is 0 Å². The third-order valence-corrected chi connectivity index (χ3v) is 3.13. The van der Waals surface area contributed by atoms with Gasteiger partial charge in [0.05, 0.1) is 23.4 Å². The summed E-state index contributed by atoms with van der Waals surface area (Å²) in [6.07, 6.45) is 3.02. The van der Waals surface area contributed by atoms with Gasteiger partial charge in [-0.25, -0.2) is 4.99 Å². The molecule has 8 heteroatoms. The van der Waals surface area contributed by atoms with Crippen molar-refractivity contribution in [3.05, 3.63) is 51.3 Å². The highest BCUT2D eigenvalue weighted by atomic mass is 16.6. The van der Waals surface area contributed by atoms with E-state index in [2.05, 4.69) is 15.6 Å². The van der Waals surface area contributed by atoms with E-state index >= 15 is 0 Å². The van der Waals surface area contributed by atoms with Crippen LogP contribution in [-0.4, -0.2) is 25.4 Å². The Hall–Kier alpha value is -2.45. The van der Waals surface area contributed by atoms with E-state index in [4.69, 9.17) is 10.5 Å². The van der Waals surface area contributed by atoms with Gasteiger partial charge in [0.1, 0.15) is 5.82 Å². The van der Waals surface area contributed by atoms with Crippen LogP contribution in [0.1, 0.15) is 11.1 Å². The highest BCUT2D eigenvalue weighted by Gasteiger charge is 2.33. The highest BCUT2D eigenvalue weighted by Crippen LogP contribution is 2.32. The smallest absolute Gasteiger partial charge is 0.277 e. The average Bonchev–Trinajstić information content (AvgIpc) is 2.47. The molecule has 4 N–H and O–H groups in total. The Morgan fingerprint density at radius 2 is 2.33 bits per heavy atom. The number of benzene rings is 1. The third kappa shape index (κ3) is 3.01. The number of nitro benzene ring substituents is 1. The zero-order valence-corrected chi connectivity index (χ0v) is 11.8. The molecule has 1 atom stereocenters. The fourth-order valence-corrected chi connectivity index (χ4v) is 2.12. The molecule has 0 bridgehead atoms. The summed E-state index contributed by atoms with van der Waals surface area (Å²) in [5.41, 5.74) is 5.86. The fourth-order valence-electron chi connectivity index (χ4n) is 2.12. The van der Waals surface area contributed by atoms with E-state index in [1.807, 2.05) is 0 Å². The maximum absolute atomic E-state index is 11.3. The van der Waals surface area contributed by atoms with Crippen molar-refractivity contribution in [2.45, 2.75) is 12.3 Å². The van der Waals surface area contributed by atoms with Crippen molar-refractivity contribution in [3.63, 3.8) is 0 Å². The number of nitrogens with zero attached hydrogens (tertiary/aromatic N) is 2. The predicted molar refractivity (Wildman–Crippen MR) is 78.4 cm³/mol. The zero-order chi connectivity index (χ0) is 15.5. The number of hydrogen-bond acceptors (Lipinski definition) is 7. The largest absolute Gasteiger partial charge is 0.380 e. The molecule has 8 nitrogen and oxygen atoms in total. The molecule has 1 aliphatic heterocycles. The lowest BCUT2D eigenvalue weighted by molar-refractivity contribution is -0.386. The van der Waals surface area contributed by atoms with Gasteiger partial charge in [0.15, 0.2) is 5.66 Å². The van der Waals surface area contributed by atoms with Crippen LogP contribution in [0.15, 0.2) is 35.1 Å². The van der Waals surface area contributed by atoms with Gasteiger partial charge < -0.3 is 15.4 Å². The summed E-state index contributed by atoms with van der Waals surface area (Å²) in [6.45, 7) is 0.293. The van der Waals surface area contributed by atoms with Gasteiger partial charge in [-0.1, -0.05) is 6.07 Å². The van der Waals surface area contributed by atoms with Gasteiger partial charge in [-0.3, -0.25) is 15.8 Å². The van der Waals surface area contributed by atoms with Crippen LogP contribution in [0.2, 0.25) is 0 Å². The van der Waals surface area contributed by atoms with E-state index in [0.29, 0.717) is 23.6 Å². The average molecular weight is 291 g/mol. The lowest BCUT2D eigenvalue weighted by Crippen LogP contribution is -2.40. The van der Waals surface area contributed by atoms with Gasteiger partial charge >= 0.3 is 0 Å². The standard InChI is InChI=1S/C13H17N5O3/c1-15-12-6-13(14,17-8-16-12)10-4-3-9(7-21-2)5-11(10)18(19)20/h3-6,8,15H,7,14H2,1-2H3,(H,16,17). The first-order valence-electron chi connectivity index (χ1n) is 6.26. The normalized spacial score (nSPS) is 20.6. The molecule has 0 saturated heterocycles. The first-order valence-corrected chi connectivity index (χ1v) is 6.26. The quantitative estimate of drug-likeness (QED) is 0.539. The summed E-state index contributed by atoms with van der Waals surface area (Å²) in [6, 6.07) is 4.81. The molecule has 112 valence electrons. The predicted octanol–water partition coefficient (Wildman–Crippen LogP) is 0.545. The molecule has 1 unspecified atom stereocenters. The molecule has 0 spiro atoms. The van der Waals surface area contributed by atoms with Crippen LogP contribution in [-0.2, 0) is 17.0 Å². The first kappa shape index (κ1) is 14.9. The molecular formula is C13H17N5O3. The van der Waals surface area contributed by atoms with Gasteiger partial charge in [0.2, 0.25) is 0 Å². The lowest BCUT2D eigenvalue weighted by atomic mass is 9.96. The van der Waals surface area contributed by atoms with Crippen molar-refractivity contribution in [1.82, 2.24) is 10.6 Å². The van der Waals surface area contributed by atoms with Gasteiger partial charge in [-0.05, 0) is 11.6 Å². The van der Waals surface area contributed by atoms with E-state index in [1.165, 1.54) is 19.5 Å². The van der Waals surface area contributed by atoms with Crippen molar-refractivity contribution in [3.8, 4) is 0 Å². The number of methoxy groups -OCH3 is 1. The van der Waals surface area contributed by atoms with Crippen LogP contribution in [0.4, 0.5) is 5.69 Å². The minimum Gasteiger partial charge on any atom is -0.380 e. The number of nitro groups is 1. The first-order chi connectivity index (χ1) is 10.00. The van der Waals surface area contributed by atoms with Crippen molar-refractivity contribution in [2.24, 2.45) is 10.7 Å². The number of aliphatic imine (C=N–C) groups is 1. The van der Waals surface area contributed by atoms with E-state index in [-0.39, 0.29) is 5.69 Å². The molecule has 1 heterocycles. The molecule has 0 amide bonds. The number of nitrogens with two attached hydrogens (primary N) is 1. The molecule has 2 rings (SSSR count). The summed E-state index contributed by atoms with van der Waals surface area (Å²) in [4.78, 5) is 15.0. The minimum atomic E-state index is -1.29. The highest BCUT2D eigenvalue weighted by molar-refractivity contribution is 5.63. The van der Waals surface area contributed by atoms with Gasteiger partial charge in [-0.2, -0.15) is 0 Å². The van der Waals surface area contributed by atoms with Crippen LogP contribution >= 0.6 is 0 Å². The number of nitrogens with one attached hydrogen (secondary N) is 2. The van der Waals surface area contributed by atoms with Crippen molar-refractivity contribution in [2.75, 3.05) is 14.2 Å². The molecule has 1 aliphatic rings. The second-order valence-electron chi connectivity index (χ2n) is 4.58. The Morgan fingerprint density at radius 3 is 2.95 bits per heavy atom. The Bertz CT molecular complexity index is 614. The molecule has 0 saturated carbocycles. The maximum atomic E-state index is 11.3. The lowest BCUT2D eigenvalue weighted by Gasteiger charge is -2.26. The third-order valence-electron chi connectivity index (χ3n) is 3.13. The van der Waals surface area contributed by atoms with Crippen LogP contribution in [0.5, 0.6) is 0 Å². The van der Waals surface area contributed by atoms with Crippen LogP contribution in [0, 0.1) is 10.1 Å². The second kappa shape index (κ2) is 5.90. The van der Waals surface area contributed by atoms with Crippen LogP contribution in [0.3, 0.4) is 0 Å². The SMILES string of the molecule is CNC1=CC(N)(c2ccc(COC)cc2[N+](=O)[O-])N=CN1. The Labute approximate surface area is 121 Å². The molecule has 0 radical (unpaired) electrons. The Morgan fingerprint density at radius 1 is 1.57 bits per heavy atom. The number of ether oxygens (including phenoxy) is 1. The fraction of sp³-hybridized carbons (Fsp3) is 0.308. The van der Waals surface area contributed by atoms with E-state index in [1.54, 1.807) is 25.3 Å². The number of rotatable bonds is 5. The zero-order valence-electron chi connectivity index (χ0n) is 11.8. The maximum Gasteiger partial charge on any atom is 0.277 e. The van der Waals surface area contributed by atoms with E-state index in [9.17, 15) is 10.1 Å². The summed E-state index contributed by atoms with van der Waals surface area (Å²) < 4.78 is 4.99. The molecule has 0 fully saturated rings. The molecular weight excluding hydrogens is 274 g/mol. The van der Waals surface area contributed by atoms with E-state index in [0.717, 1.165) is 0 Å². The molecule has 1 aromatic rings. The molecule has 1 aromatic carbocycles. The van der Waals surface area contributed by atoms with Crippen LogP contribution in [0.25, 0.3) is 0 Å². The monoisotopic (exact) mass is 291 g/mol. The topological polar surface area (TPSA) is 115 Å². The minimum absolute atomic E-state index is 0.0854. The van der Waals surface area contributed by atoms with Crippen molar-refractivity contribution < 1.29 is 9.66 Å². The molecule has 21 heavy (non-hydrogen) atoms. The van der Waals surface area contributed by atoms with E-state index < -0.39 is 10.6 Å². The summed E-state index contributed by atoms with van der Waals surface area (Å²) in [7, 11) is 3.25. The second-order valence-corrected chi connectivity index (χ2v) is 4.58. The summed E-state index contributed by atoms with van der Waals surface area (Å²) in [5.74, 6) is 0.628.